The van der Waals surface area contributed by atoms with E-state index in [-0.39, 0.29) is 42.3 Å². The molecule has 0 amide bonds. The van der Waals surface area contributed by atoms with Crippen molar-refractivity contribution in [1.29, 1.82) is 0 Å². The topological polar surface area (TPSA) is 109 Å². The molecule has 1 unspecified atom stereocenters. The summed E-state index contributed by atoms with van der Waals surface area (Å²) in [6.45, 7) is 2.17. The first-order valence-electron chi connectivity index (χ1n) is 8.00. The summed E-state index contributed by atoms with van der Waals surface area (Å²) in [6.07, 6.45) is 1.71. The maximum absolute atomic E-state index is 11.2. The number of halogens is 2. The molecule has 0 bridgehead atoms. The summed E-state index contributed by atoms with van der Waals surface area (Å²) in [5.41, 5.74) is 0.768. The summed E-state index contributed by atoms with van der Waals surface area (Å²) in [5, 5.41) is 10.7. The minimum atomic E-state index is -2.99. The number of guanidine groups is 1. The highest BCUT2D eigenvalue weighted by Crippen LogP contribution is 2.19. The normalized spacial score (nSPS) is 13.0. The minimum absolute atomic E-state index is 0. The number of nitrogens with zero attached hydrogens (tertiary/aromatic N) is 3. The van der Waals surface area contributed by atoms with E-state index < -0.39 is 9.84 Å². The Morgan fingerprint density at radius 3 is 2.78 bits per heavy atom. The largest absolute Gasteiger partial charge is 0.354 e. The summed E-state index contributed by atoms with van der Waals surface area (Å²) < 4.78 is 27.7. The molecule has 0 saturated carbocycles. The van der Waals surface area contributed by atoms with Crippen LogP contribution in [0.15, 0.2) is 33.8 Å². The van der Waals surface area contributed by atoms with Gasteiger partial charge in [0.15, 0.2) is 5.96 Å². The van der Waals surface area contributed by atoms with E-state index in [0.29, 0.717) is 29.1 Å². The Bertz CT molecular complexity index is 872. The van der Waals surface area contributed by atoms with Gasteiger partial charge >= 0.3 is 0 Å². The summed E-state index contributed by atoms with van der Waals surface area (Å²) in [5.74, 6) is 1.49. The highest BCUT2D eigenvalue weighted by atomic mass is 127. The van der Waals surface area contributed by atoms with Crippen molar-refractivity contribution >= 4 is 51.4 Å². The lowest BCUT2D eigenvalue weighted by molar-refractivity contribution is 0.375. The van der Waals surface area contributed by atoms with E-state index in [1.165, 1.54) is 6.26 Å². The monoisotopic (exact) mass is 527 g/mol. The van der Waals surface area contributed by atoms with Crippen LogP contribution in [-0.2, 0) is 16.4 Å². The van der Waals surface area contributed by atoms with Crippen molar-refractivity contribution in [2.45, 2.75) is 25.9 Å². The molecule has 8 nitrogen and oxygen atoms in total. The number of aliphatic imine (C=N–C) groups is 1. The molecular weight excluding hydrogens is 505 g/mol. The number of hydrogen-bond donors (Lipinski definition) is 2. The van der Waals surface area contributed by atoms with Crippen LogP contribution in [0.2, 0.25) is 5.02 Å². The van der Waals surface area contributed by atoms with Gasteiger partial charge in [-0.3, -0.25) is 4.99 Å². The highest BCUT2D eigenvalue weighted by molar-refractivity contribution is 14.0. The third-order valence-corrected chi connectivity index (χ3v) is 4.70. The molecule has 11 heteroatoms. The van der Waals surface area contributed by atoms with Gasteiger partial charge in [0.05, 0.1) is 12.3 Å². The zero-order valence-corrected chi connectivity index (χ0v) is 19.2. The molecule has 2 N–H and O–H groups in total. The SMILES string of the molecule is CN=C(NCc1nc(-c2cccc(Cl)c2)no1)NC(C)CCS(C)(=O)=O.I. The van der Waals surface area contributed by atoms with E-state index in [2.05, 4.69) is 25.8 Å². The molecule has 0 fully saturated rings. The van der Waals surface area contributed by atoms with Gasteiger partial charge in [-0.05, 0) is 25.5 Å². The quantitative estimate of drug-likeness (QED) is 0.323. The number of benzene rings is 1. The zero-order valence-electron chi connectivity index (χ0n) is 15.3. The molecule has 1 aromatic carbocycles. The first-order valence-corrected chi connectivity index (χ1v) is 10.4. The van der Waals surface area contributed by atoms with Crippen LogP contribution in [0, 0.1) is 0 Å². The molecule has 2 rings (SSSR count). The summed E-state index contributed by atoms with van der Waals surface area (Å²) in [4.78, 5) is 8.42. The van der Waals surface area contributed by atoms with Crippen LogP contribution in [0.3, 0.4) is 0 Å². The molecule has 2 aromatic rings. The molecule has 1 aromatic heterocycles. The van der Waals surface area contributed by atoms with Crippen molar-refractivity contribution < 1.29 is 12.9 Å². The number of rotatable bonds is 7. The van der Waals surface area contributed by atoms with Gasteiger partial charge < -0.3 is 15.2 Å². The first-order chi connectivity index (χ1) is 12.3. The van der Waals surface area contributed by atoms with E-state index in [1.807, 2.05) is 19.1 Å². The molecule has 0 saturated heterocycles. The van der Waals surface area contributed by atoms with Crippen LogP contribution in [0.1, 0.15) is 19.2 Å². The van der Waals surface area contributed by atoms with Crippen LogP contribution in [0.25, 0.3) is 11.4 Å². The van der Waals surface area contributed by atoms with Gasteiger partial charge in [0, 0.05) is 29.9 Å². The van der Waals surface area contributed by atoms with E-state index in [4.69, 9.17) is 16.1 Å². The Morgan fingerprint density at radius 1 is 1.41 bits per heavy atom. The standard InChI is InChI=1S/C16H22ClN5O3S.HI/c1-11(7-8-26(3,23)24)20-16(18-2)19-10-14-21-15(22-25-14)12-5-4-6-13(17)9-12;/h4-6,9,11H,7-8,10H2,1-3H3,(H2,18,19,20);1H. The van der Waals surface area contributed by atoms with Gasteiger partial charge in [0.2, 0.25) is 11.7 Å². The van der Waals surface area contributed by atoms with Gasteiger partial charge in [0.1, 0.15) is 9.84 Å². The second-order valence-electron chi connectivity index (χ2n) is 5.91. The average Bonchev–Trinajstić information content (AvgIpc) is 3.05. The molecule has 1 atom stereocenters. The van der Waals surface area contributed by atoms with Crippen molar-refractivity contribution in [2.75, 3.05) is 19.1 Å². The fraction of sp³-hybridized carbons (Fsp3) is 0.438. The first kappa shape index (κ1) is 23.6. The highest BCUT2D eigenvalue weighted by Gasteiger charge is 2.12. The Labute approximate surface area is 181 Å². The van der Waals surface area contributed by atoms with E-state index in [0.717, 1.165) is 5.56 Å². The van der Waals surface area contributed by atoms with Crippen molar-refractivity contribution in [1.82, 2.24) is 20.8 Å². The minimum Gasteiger partial charge on any atom is -0.354 e. The predicted octanol–water partition coefficient (Wildman–Crippen LogP) is 2.50. The lowest BCUT2D eigenvalue weighted by Crippen LogP contribution is -2.42. The van der Waals surface area contributed by atoms with Crippen LogP contribution < -0.4 is 10.6 Å². The van der Waals surface area contributed by atoms with Crippen molar-refractivity contribution in [3.63, 3.8) is 0 Å². The lowest BCUT2D eigenvalue weighted by atomic mass is 10.2. The Balaban J connectivity index is 0.00000364. The third kappa shape index (κ3) is 8.43. The molecular formula is C16H23ClIN5O3S. The summed E-state index contributed by atoms with van der Waals surface area (Å²) >= 11 is 5.97. The molecule has 27 heavy (non-hydrogen) atoms. The van der Waals surface area contributed by atoms with E-state index in [1.54, 1.807) is 19.2 Å². The van der Waals surface area contributed by atoms with Gasteiger partial charge in [-0.25, -0.2) is 8.42 Å². The third-order valence-electron chi connectivity index (χ3n) is 3.49. The Kier molecular flexibility index (Phi) is 9.47. The van der Waals surface area contributed by atoms with Gasteiger partial charge in [-0.2, -0.15) is 4.98 Å². The zero-order chi connectivity index (χ0) is 19.2. The Morgan fingerprint density at radius 2 is 2.15 bits per heavy atom. The Hall–Kier alpha value is -1.40. The van der Waals surface area contributed by atoms with Gasteiger partial charge in [0.25, 0.3) is 0 Å². The maximum atomic E-state index is 11.2. The van der Waals surface area contributed by atoms with Crippen LogP contribution in [0.5, 0.6) is 0 Å². The van der Waals surface area contributed by atoms with E-state index >= 15 is 0 Å². The van der Waals surface area contributed by atoms with Crippen molar-refractivity contribution in [3.05, 3.63) is 35.2 Å². The fourth-order valence-electron chi connectivity index (χ4n) is 2.12. The second kappa shape index (κ2) is 10.8. The van der Waals surface area contributed by atoms with Crippen LogP contribution in [0.4, 0.5) is 0 Å². The predicted molar refractivity (Wildman–Crippen MR) is 117 cm³/mol. The number of hydrogen-bond acceptors (Lipinski definition) is 6. The molecule has 1 heterocycles. The molecule has 0 radical (unpaired) electrons. The molecule has 150 valence electrons. The fourth-order valence-corrected chi connectivity index (χ4v) is 3.09. The number of nitrogens with one attached hydrogen (secondary N) is 2. The van der Waals surface area contributed by atoms with Gasteiger partial charge in [-0.1, -0.05) is 28.9 Å². The molecule has 0 aliphatic carbocycles. The van der Waals surface area contributed by atoms with Gasteiger partial charge in [-0.15, -0.1) is 24.0 Å². The van der Waals surface area contributed by atoms with Crippen molar-refractivity contribution in [2.24, 2.45) is 4.99 Å². The number of aromatic nitrogens is 2. The molecule has 0 aliphatic rings. The number of sulfone groups is 1. The van der Waals surface area contributed by atoms with Crippen LogP contribution in [-0.4, -0.2) is 49.6 Å². The van der Waals surface area contributed by atoms with Crippen molar-refractivity contribution in [3.8, 4) is 11.4 Å². The summed E-state index contributed by atoms with van der Waals surface area (Å²) in [6, 6.07) is 7.13. The summed E-state index contributed by atoms with van der Waals surface area (Å²) in [7, 11) is -1.36. The molecule has 0 aliphatic heterocycles. The smallest absolute Gasteiger partial charge is 0.246 e. The second-order valence-corrected chi connectivity index (χ2v) is 8.61. The van der Waals surface area contributed by atoms with Crippen LogP contribution >= 0.6 is 35.6 Å². The maximum Gasteiger partial charge on any atom is 0.246 e. The average molecular weight is 528 g/mol. The van der Waals surface area contributed by atoms with E-state index in [9.17, 15) is 8.42 Å². The lowest BCUT2D eigenvalue weighted by Gasteiger charge is -2.16. The molecule has 0 spiro atoms.